The van der Waals surface area contributed by atoms with E-state index in [4.69, 9.17) is 14.2 Å². The largest absolute Gasteiger partial charge is 0.480 e. The lowest BCUT2D eigenvalue weighted by atomic mass is 9.82. The number of esters is 1. The highest BCUT2D eigenvalue weighted by molar-refractivity contribution is 5.84. The molecule has 0 aromatic heterocycles. The molecule has 1 amide bonds. The summed E-state index contributed by atoms with van der Waals surface area (Å²) in [6.07, 6.45) is 5.51. The van der Waals surface area contributed by atoms with E-state index in [1.807, 2.05) is 30.3 Å². The van der Waals surface area contributed by atoms with Crippen molar-refractivity contribution in [3.63, 3.8) is 0 Å². The zero-order chi connectivity index (χ0) is 26.9. The van der Waals surface area contributed by atoms with Crippen molar-refractivity contribution >= 4 is 18.0 Å². The quantitative estimate of drug-likeness (QED) is 0.462. The van der Waals surface area contributed by atoms with E-state index in [0.29, 0.717) is 26.0 Å². The molecule has 1 aromatic carbocycles. The number of carboxylic acids is 1. The van der Waals surface area contributed by atoms with Gasteiger partial charge in [-0.05, 0) is 58.9 Å². The van der Waals surface area contributed by atoms with E-state index in [-0.39, 0.29) is 12.5 Å². The highest BCUT2D eigenvalue weighted by atomic mass is 16.6. The maximum atomic E-state index is 11.6. The van der Waals surface area contributed by atoms with Crippen molar-refractivity contribution in [1.82, 2.24) is 10.6 Å². The predicted octanol–water partition coefficient (Wildman–Crippen LogP) is 4.43. The number of ether oxygens (including phenoxy) is 3. The van der Waals surface area contributed by atoms with Gasteiger partial charge in [0.2, 0.25) is 0 Å². The van der Waals surface area contributed by atoms with E-state index in [1.165, 1.54) is 12.8 Å². The van der Waals surface area contributed by atoms with Crippen LogP contribution in [0.5, 0.6) is 0 Å². The number of hydrogen-bond acceptors (Lipinski definition) is 7. The van der Waals surface area contributed by atoms with Crippen LogP contribution < -0.4 is 10.6 Å². The minimum Gasteiger partial charge on any atom is -0.480 e. The molecule has 1 saturated carbocycles. The van der Waals surface area contributed by atoms with Crippen LogP contribution in [0.4, 0.5) is 4.79 Å². The SMILES string of the molecule is C1CCOC1.CC(C)(C)OC(=O)NC1(C(=O)O)CCCCC1.CCOC(=O)CNCc1ccccc1. The third-order valence-corrected chi connectivity index (χ3v) is 5.43. The molecule has 9 heteroatoms. The van der Waals surface area contributed by atoms with Crippen molar-refractivity contribution in [3.8, 4) is 0 Å². The molecule has 1 aliphatic carbocycles. The van der Waals surface area contributed by atoms with Gasteiger partial charge in [-0.25, -0.2) is 9.59 Å². The smallest absolute Gasteiger partial charge is 0.408 e. The Morgan fingerprint density at radius 2 is 1.61 bits per heavy atom. The molecule has 3 N–H and O–H groups in total. The first-order valence-corrected chi connectivity index (χ1v) is 12.8. The van der Waals surface area contributed by atoms with Crippen molar-refractivity contribution in [1.29, 1.82) is 0 Å². The fraction of sp³-hybridized carbons (Fsp3) is 0.667. The normalized spacial score (nSPS) is 16.3. The average Bonchev–Trinajstić information content (AvgIpc) is 3.40. The summed E-state index contributed by atoms with van der Waals surface area (Å²) in [6.45, 7) is 10.5. The van der Waals surface area contributed by atoms with Gasteiger partial charge in [0.1, 0.15) is 11.1 Å². The zero-order valence-electron chi connectivity index (χ0n) is 22.3. The van der Waals surface area contributed by atoms with Crippen LogP contribution in [-0.2, 0) is 30.3 Å². The monoisotopic (exact) mass is 508 g/mol. The van der Waals surface area contributed by atoms with Gasteiger partial charge in [0.05, 0.1) is 13.2 Å². The van der Waals surface area contributed by atoms with E-state index >= 15 is 0 Å². The molecule has 9 nitrogen and oxygen atoms in total. The molecule has 0 radical (unpaired) electrons. The lowest BCUT2D eigenvalue weighted by molar-refractivity contribution is -0.146. The molecule has 1 heterocycles. The van der Waals surface area contributed by atoms with Gasteiger partial charge in [0.15, 0.2) is 0 Å². The Hall–Kier alpha value is -2.65. The summed E-state index contributed by atoms with van der Waals surface area (Å²) in [5, 5.41) is 14.8. The molecule has 0 unspecified atom stereocenters. The Bertz CT molecular complexity index is 760. The second-order valence-electron chi connectivity index (χ2n) is 9.79. The molecule has 1 aliphatic heterocycles. The molecular weight excluding hydrogens is 464 g/mol. The standard InChI is InChI=1S/C12H21NO4.C11H15NO2.C4H8O/c1-11(2,3)17-10(16)13-12(9(14)15)7-5-4-6-8-12;1-2-14-11(13)9-12-8-10-6-4-3-5-7-10;1-2-4-5-3-1/h4-8H2,1-3H3,(H,13,16)(H,14,15);3-7,12H,2,8-9H2,1H3;1-4H2. The molecule has 0 bridgehead atoms. The van der Waals surface area contributed by atoms with Crippen LogP contribution in [0.25, 0.3) is 0 Å². The Labute approximate surface area is 215 Å². The number of amides is 1. The van der Waals surface area contributed by atoms with Gasteiger partial charge in [0.25, 0.3) is 0 Å². The molecule has 204 valence electrons. The highest BCUT2D eigenvalue weighted by Gasteiger charge is 2.41. The van der Waals surface area contributed by atoms with Gasteiger partial charge in [-0.1, -0.05) is 49.6 Å². The van der Waals surface area contributed by atoms with Crippen molar-refractivity contribution in [2.75, 3.05) is 26.4 Å². The third-order valence-electron chi connectivity index (χ3n) is 5.43. The average molecular weight is 509 g/mol. The summed E-state index contributed by atoms with van der Waals surface area (Å²) >= 11 is 0. The highest BCUT2D eigenvalue weighted by Crippen LogP contribution is 2.28. The van der Waals surface area contributed by atoms with Gasteiger partial charge < -0.3 is 30.0 Å². The third kappa shape index (κ3) is 14.0. The summed E-state index contributed by atoms with van der Waals surface area (Å²) in [5.74, 6) is -1.17. The number of rotatable bonds is 7. The van der Waals surface area contributed by atoms with Crippen LogP contribution in [0, 0.1) is 0 Å². The van der Waals surface area contributed by atoms with Crippen LogP contribution in [0.3, 0.4) is 0 Å². The second-order valence-corrected chi connectivity index (χ2v) is 9.79. The molecule has 2 aliphatic rings. The molecular formula is C27H44N2O7. The number of aliphatic carboxylic acids is 1. The number of nitrogens with one attached hydrogen (secondary N) is 2. The van der Waals surface area contributed by atoms with Gasteiger partial charge >= 0.3 is 18.0 Å². The van der Waals surface area contributed by atoms with Gasteiger partial charge in [-0.2, -0.15) is 0 Å². The summed E-state index contributed by atoms with van der Waals surface area (Å²) in [4.78, 5) is 33.9. The van der Waals surface area contributed by atoms with Crippen LogP contribution in [0.15, 0.2) is 30.3 Å². The van der Waals surface area contributed by atoms with Crippen LogP contribution in [0.1, 0.15) is 78.2 Å². The van der Waals surface area contributed by atoms with Crippen molar-refractivity contribution in [2.45, 2.75) is 90.3 Å². The molecule has 0 atom stereocenters. The Kier molecular flexibility index (Phi) is 14.7. The van der Waals surface area contributed by atoms with Gasteiger partial charge in [-0.15, -0.1) is 0 Å². The zero-order valence-corrected chi connectivity index (χ0v) is 22.3. The maximum absolute atomic E-state index is 11.6. The summed E-state index contributed by atoms with van der Waals surface area (Å²) in [7, 11) is 0. The molecule has 1 saturated heterocycles. The fourth-order valence-electron chi connectivity index (χ4n) is 3.67. The molecule has 0 spiro atoms. The number of carboxylic acid groups (broad SMARTS) is 1. The molecule has 36 heavy (non-hydrogen) atoms. The Morgan fingerprint density at radius 1 is 1.00 bits per heavy atom. The van der Waals surface area contributed by atoms with E-state index in [2.05, 4.69) is 10.6 Å². The summed E-state index contributed by atoms with van der Waals surface area (Å²) in [5.41, 5.74) is -0.587. The molecule has 1 aromatic rings. The van der Waals surface area contributed by atoms with Crippen LogP contribution in [0.2, 0.25) is 0 Å². The number of hydrogen-bond donors (Lipinski definition) is 3. The number of alkyl carbamates (subject to hydrolysis) is 1. The van der Waals surface area contributed by atoms with Crippen LogP contribution >= 0.6 is 0 Å². The number of carbonyl (C=O) groups excluding carboxylic acids is 2. The van der Waals surface area contributed by atoms with E-state index < -0.39 is 23.2 Å². The van der Waals surface area contributed by atoms with Gasteiger partial charge in [-0.3, -0.25) is 4.79 Å². The summed E-state index contributed by atoms with van der Waals surface area (Å²) < 4.78 is 14.8. The van der Waals surface area contributed by atoms with E-state index in [0.717, 1.165) is 38.0 Å². The Balaban J connectivity index is 0.000000305. The van der Waals surface area contributed by atoms with Crippen molar-refractivity contribution < 1.29 is 33.7 Å². The van der Waals surface area contributed by atoms with Crippen molar-refractivity contribution in [2.24, 2.45) is 0 Å². The van der Waals surface area contributed by atoms with Crippen molar-refractivity contribution in [3.05, 3.63) is 35.9 Å². The minimum absolute atomic E-state index is 0.205. The number of benzene rings is 1. The van der Waals surface area contributed by atoms with Gasteiger partial charge in [0, 0.05) is 19.8 Å². The summed E-state index contributed by atoms with van der Waals surface area (Å²) in [6, 6.07) is 9.94. The number of carbonyl (C=O) groups is 3. The minimum atomic E-state index is -1.14. The van der Waals surface area contributed by atoms with Crippen LogP contribution in [-0.4, -0.2) is 60.6 Å². The second kappa shape index (κ2) is 16.9. The topological polar surface area (TPSA) is 123 Å². The molecule has 2 fully saturated rings. The first-order chi connectivity index (χ1) is 17.1. The van der Waals surface area contributed by atoms with E-state index in [9.17, 15) is 19.5 Å². The first-order valence-electron chi connectivity index (χ1n) is 12.8. The lowest BCUT2D eigenvalue weighted by Gasteiger charge is -2.34. The Morgan fingerprint density at radius 3 is 2.08 bits per heavy atom. The fourth-order valence-corrected chi connectivity index (χ4v) is 3.67. The molecule has 3 rings (SSSR count). The van der Waals surface area contributed by atoms with E-state index in [1.54, 1.807) is 27.7 Å². The predicted molar refractivity (Wildman–Crippen MR) is 138 cm³/mol. The maximum Gasteiger partial charge on any atom is 0.408 e. The lowest BCUT2D eigenvalue weighted by Crippen LogP contribution is -2.56. The first kappa shape index (κ1) is 31.4.